The SMILES string of the molecule is OCCCCCCN(CC1CCCC1)CC1CCCC1.[CH3-].[CH3-].[CH3-].[CH3-].[Fe+2].[Fe+2].c1coc(C2CCCC2)c1.c1coc(C2CCCC2)c1. The average molecular weight is 726 g/mol. The molecule has 4 saturated carbocycles. The maximum Gasteiger partial charge on any atom is 2.00 e. The van der Waals surface area contributed by atoms with Crippen molar-refractivity contribution in [1.82, 2.24) is 4.90 Å². The fourth-order valence-electron chi connectivity index (χ4n) is 7.64. The second-order valence-electron chi connectivity index (χ2n) is 13.2. The van der Waals surface area contributed by atoms with Gasteiger partial charge in [-0.1, -0.05) is 64.2 Å². The molecule has 2 heterocycles. The third kappa shape index (κ3) is 18.9. The van der Waals surface area contributed by atoms with Crippen LogP contribution in [0.5, 0.6) is 0 Å². The summed E-state index contributed by atoms with van der Waals surface area (Å²) in [6, 6.07) is 8.15. The van der Waals surface area contributed by atoms with Crippen LogP contribution in [-0.4, -0.2) is 36.2 Å². The molecule has 46 heavy (non-hydrogen) atoms. The molecule has 6 rings (SSSR count). The number of nitrogens with zero attached hydrogens (tertiary/aromatic N) is 1. The number of unbranched alkanes of at least 4 members (excludes halogenated alkanes) is 3. The molecule has 4 aliphatic carbocycles. The maximum absolute atomic E-state index is 8.84. The van der Waals surface area contributed by atoms with Crippen molar-refractivity contribution in [2.75, 3.05) is 26.2 Å². The number of aliphatic hydroxyl groups excluding tert-OH is 1. The molecule has 4 fully saturated rings. The van der Waals surface area contributed by atoms with Crippen LogP contribution in [0.1, 0.15) is 152 Å². The quantitative estimate of drug-likeness (QED) is 0.134. The number of rotatable bonds is 12. The Balaban J connectivity index is -0.000000610. The Morgan fingerprint density at radius 2 is 0.913 bits per heavy atom. The molecule has 1 N–H and O–H groups in total. The average Bonchev–Trinajstić information content (AvgIpc) is 3.83. The third-order valence-corrected chi connectivity index (χ3v) is 9.97. The van der Waals surface area contributed by atoms with E-state index in [9.17, 15) is 0 Å². The monoisotopic (exact) mass is 725 g/mol. The Morgan fingerprint density at radius 1 is 0.543 bits per heavy atom. The van der Waals surface area contributed by atoms with E-state index in [0.717, 1.165) is 30.1 Å². The van der Waals surface area contributed by atoms with E-state index in [0.29, 0.717) is 6.61 Å². The first-order chi connectivity index (χ1) is 19.8. The summed E-state index contributed by atoms with van der Waals surface area (Å²) in [5.41, 5.74) is 0. The van der Waals surface area contributed by atoms with E-state index in [-0.39, 0.29) is 63.8 Å². The third-order valence-electron chi connectivity index (χ3n) is 9.97. The standard InChI is InChI=1S/C18H35NO.2C9H12O.4CH3.2Fe/c20-14-8-2-1-7-13-19(15-17-9-3-4-10-17)16-18-11-5-6-12-18;2*1-2-5-8(4-1)9-6-3-7-10-9;;;;;;/h17-18,20H,1-16H2;2*3,6-8H,1-2,4-5H2;4*1H3;;/q;;;4*-1;2*+2. The summed E-state index contributed by atoms with van der Waals surface area (Å²) in [6.45, 7) is 4.42. The molecule has 0 spiro atoms. The minimum Gasteiger partial charge on any atom is -0.469 e. The molecule has 0 unspecified atom stereocenters. The summed E-state index contributed by atoms with van der Waals surface area (Å²) in [7, 11) is 0. The van der Waals surface area contributed by atoms with Gasteiger partial charge in [0.25, 0.3) is 0 Å². The molecule has 0 amide bonds. The molecule has 0 saturated heterocycles. The normalized spacial score (nSPS) is 18.0. The Morgan fingerprint density at radius 3 is 1.26 bits per heavy atom. The fraction of sp³-hybridized carbons (Fsp3) is 0.700. The zero-order valence-corrected chi connectivity index (χ0v) is 32.4. The van der Waals surface area contributed by atoms with Crippen molar-refractivity contribution in [3.63, 3.8) is 0 Å². The molecule has 2 aromatic heterocycles. The number of hydrogen-bond acceptors (Lipinski definition) is 4. The van der Waals surface area contributed by atoms with Gasteiger partial charge in [-0.25, -0.2) is 0 Å². The van der Waals surface area contributed by atoms with Crippen molar-refractivity contribution in [1.29, 1.82) is 0 Å². The van der Waals surface area contributed by atoms with Crippen LogP contribution in [0.25, 0.3) is 0 Å². The van der Waals surface area contributed by atoms with E-state index >= 15 is 0 Å². The molecule has 4 nitrogen and oxygen atoms in total. The van der Waals surface area contributed by atoms with Gasteiger partial charge in [0.15, 0.2) is 0 Å². The molecule has 0 bridgehead atoms. The molecule has 4 aliphatic rings. The van der Waals surface area contributed by atoms with Crippen LogP contribution < -0.4 is 0 Å². The van der Waals surface area contributed by atoms with E-state index in [1.807, 2.05) is 12.1 Å². The van der Waals surface area contributed by atoms with E-state index in [1.165, 1.54) is 153 Å². The maximum atomic E-state index is 8.84. The van der Waals surface area contributed by atoms with E-state index < -0.39 is 0 Å². The Hall–Kier alpha value is -0.481. The zero-order valence-electron chi connectivity index (χ0n) is 30.2. The smallest absolute Gasteiger partial charge is 0.469 e. The van der Waals surface area contributed by atoms with E-state index in [4.69, 9.17) is 13.9 Å². The van der Waals surface area contributed by atoms with E-state index in [2.05, 4.69) is 17.0 Å². The van der Waals surface area contributed by atoms with Gasteiger partial charge in [-0.15, -0.1) is 0 Å². The number of hydrogen-bond donors (Lipinski definition) is 1. The molecule has 0 aliphatic heterocycles. The van der Waals surface area contributed by atoms with Gasteiger partial charge >= 0.3 is 34.1 Å². The van der Waals surface area contributed by atoms with Gasteiger partial charge in [0.2, 0.25) is 0 Å². The van der Waals surface area contributed by atoms with Crippen molar-refractivity contribution >= 4 is 0 Å². The van der Waals surface area contributed by atoms with Gasteiger partial charge in [0, 0.05) is 31.5 Å². The summed E-state index contributed by atoms with van der Waals surface area (Å²) in [5, 5.41) is 8.84. The molecule has 0 radical (unpaired) electrons. The predicted octanol–water partition coefficient (Wildman–Crippen LogP) is 11.9. The van der Waals surface area contributed by atoms with Gasteiger partial charge in [-0.2, -0.15) is 0 Å². The van der Waals surface area contributed by atoms with Crippen molar-refractivity contribution < 1.29 is 48.1 Å². The summed E-state index contributed by atoms with van der Waals surface area (Å²) >= 11 is 0. The number of furan rings is 2. The molecule has 0 atom stereocenters. The first-order valence-electron chi connectivity index (χ1n) is 17.2. The van der Waals surface area contributed by atoms with Crippen LogP contribution in [0, 0.1) is 41.5 Å². The van der Waals surface area contributed by atoms with Crippen molar-refractivity contribution in [2.24, 2.45) is 11.8 Å². The Labute approximate surface area is 308 Å². The van der Waals surface area contributed by atoms with Crippen LogP contribution in [0.15, 0.2) is 45.6 Å². The second-order valence-corrected chi connectivity index (χ2v) is 13.2. The van der Waals surface area contributed by atoms with Crippen LogP contribution >= 0.6 is 0 Å². The second kappa shape index (κ2) is 30.6. The van der Waals surface area contributed by atoms with Crippen molar-refractivity contribution in [3.8, 4) is 0 Å². The van der Waals surface area contributed by atoms with Crippen LogP contribution in [0.3, 0.4) is 0 Å². The number of aliphatic hydroxyl groups is 1. The van der Waals surface area contributed by atoms with Gasteiger partial charge in [0.05, 0.1) is 12.5 Å². The van der Waals surface area contributed by atoms with Crippen molar-refractivity contribution in [2.45, 2.75) is 140 Å². The summed E-state index contributed by atoms with van der Waals surface area (Å²) in [5.74, 6) is 5.84. The summed E-state index contributed by atoms with van der Waals surface area (Å²) in [4.78, 5) is 2.80. The van der Waals surface area contributed by atoms with E-state index in [1.54, 1.807) is 12.5 Å². The Kier molecular flexibility index (Phi) is 33.2. The first-order valence-corrected chi connectivity index (χ1v) is 17.2. The molecule has 0 aromatic carbocycles. The molecular formula is C40H71Fe2NO3. The summed E-state index contributed by atoms with van der Waals surface area (Å²) < 4.78 is 10.6. The van der Waals surface area contributed by atoms with Crippen LogP contribution in [0.2, 0.25) is 0 Å². The molecule has 2 aromatic rings. The topological polar surface area (TPSA) is 49.8 Å². The molecule has 270 valence electrons. The van der Waals surface area contributed by atoms with Gasteiger partial charge in [-0.3, -0.25) is 0 Å². The summed E-state index contributed by atoms with van der Waals surface area (Å²) in [6.07, 6.45) is 31.0. The van der Waals surface area contributed by atoms with Gasteiger partial charge < -0.3 is 48.5 Å². The Bertz CT molecular complexity index is 772. The minimum atomic E-state index is 0. The predicted molar refractivity (Wildman–Crippen MR) is 191 cm³/mol. The fourth-order valence-corrected chi connectivity index (χ4v) is 7.64. The van der Waals surface area contributed by atoms with Crippen LogP contribution in [-0.2, 0) is 34.1 Å². The molecule has 6 heteroatoms. The van der Waals surface area contributed by atoms with Gasteiger partial charge in [-0.05, 0) is 107 Å². The first kappa shape index (κ1) is 49.9. The van der Waals surface area contributed by atoms with Crippen LogP contribution in [0.4, 0.5) is 0 Å². The minimum absolute atomic E-state index is 0. The van der Waals surface area contributed by atoms with Crippen molar-refractivity contribution in [3.05, 3.63) is 78.0 Å². The van der Waals surface area contributed by atoms with Gasteiger partial charge in [0.1, 0.15) is 11.5 Å². The molecular weight excluding hydrogens is 654 g/mol. The largest absolute Gasteiger partial charge is 2.00 e. The zero-order chi connectivity index (χ0) is 27.7.